The van der Waals surface area contributed by atoms with E-state index in [0.717, 1.165) is 5.56 Å². The predicted molar refractivity (Wildman–Crippen MR) is 79.4 cm³/mol. The maximum Gasteiger partial charge on any atom is 0.243 e. The van der Waals surface area contributed by atoms with Crippen LogP contribution in [-0.4, -0.2) is 24.7 Å². The molecule has 0 aromatic heterocycles. The van der Waals surface area contributed by atoms with Gasteiger partial charge in [-0.25, -0.2) is 0 Å². The molecule has 2 atom stereocenters. The van der Waals surface area contributed by atoms with Gasteiger partial charge in [-0.05, 0) is 30.4 Å². The van der Waals surface area contributed by atoms with Gasteiger partial charge in [0.1, 0.15) is 5.54 Å². The van der Waals surface area contributed by atoms with Crippen LogP contribution in [0.25, 0.3) is 0 Å². The van der Waals surface area contributed by atoms with Crippen molar-refractivity contribution in [1.29, 1.82) is 0 Å². The smallest absolute Gasteiger partial charge is 0.243 e. The molecule has 3 N–H and O–H groups in total. The second-order valence-electron chi connectivity index (χ2n) is 5.98. The van der Waals surface area contributed by atoms with E-state index in [1.807, 2.05) is 6.92 Å². The lowest BCUT2D eigenvalue weighted by atomic mass is 9.97. The SMILES string of the molecule is CC(C)c1ccc(C(C)NC(=O)C2(N)CCOC2)cc1. The predicted octanol–water partition coefficient (Wildman–Crippen LogP) is 2.10. The average molecular weight is 276 g/mol. The normalized spacial score (nSPS) is 23.9. The highest BCUT2D eigenvalue weighted by Gasteiger charge is 2.38. The summed E-state index contributed by atoms with van der Waals surface area (Å²) in [7, 11) is 0. The number of carbonyl (C=O) groups is 1. The average Bonchev–Trinajstić information content (AvgIpc) is 2.87. The van der Waals surface area contributed by atoms with Crippen LogP contribution in [-0.2, 0) is 9.53 Å². The first-order valence-electron chi connectivity index (χ1n) is 7.20. The summed E-state index contributed by atoms with van der Waals surface area (Å²) in [5.41, 5.74) is 7.57. The van der Waals surface area contributed by atoms with E-state index in [4.69, 9.17) is 10.5 Å². The molecule has 110 valence electrons. The maximum absolute atomic E-state index is 12.2. The Balaban J connectivity index is 2.00. The monoisotopic (exact) mass is 276 g/mol. The second-order valence-corrected chi connectivity index (χ2v) is 5.98. The fourth-order valence-corrected chi connectivity index (χ4v) is 2.35. The summed E-state index contributed by atoms with van der Waals surface area (Å²) in [4.78, 5) is 12.2. The Morgan fingerprint density at radius 1 is 1.25 bits per heavy atom. The lowest BCUT2D eigenvalue weighted by molar-refractivity contribution is -0.127. The molecule has 0 spiro atoms. The Morgan fingerprint density at radius 2 is 1.85 bits per heavy atom. The molecule has 1 aromatic carbocycles. The van der Waals surface area contributed by atoms with Gasteiger partial charge < -0.3 is 15.8 Å². The first-order chi connectivity index (χ1) is 9.42. The number of ether oxygens (including phenoxy) is 1. The number of benzene rings is 1. The fraction of sp³-hybridized carbons (Fsp3) is 0.562. The van der Waals surface area contributed by atoms with Crippen LogP contribution in [0.4, 0.5) is 0 Å². The van der Waals surface area contributed by atoms with Gasteiger partial charge in [0.15, 0.2) is 0 Å². The van der Waals surface area contributed by atoms with E-state index >= 15 is 0 Å². The molecule has 1 aliphatic rings. The van der Waals surface area contributed by atoms with Gasteiger partial charge in [-0.3, -0.25) is 4.79 Å². The molecule has 1 amide bonds. The minimum Gasteiger partial charge on any atom is -0.379 e. The molecule has 2 rings (SSSR count). The molecule has 1 aliphatic heterocycles. The van der Waals surface area contributed by atoms with Crippen LogP contribution in [0.15, 0.2) is 24.3 Å². The van der Waals surface area contributed by atoms with Crippen LogP contribution in [0.5, 0.6) is 0 Å². The highest BCUT2D eigenvalue weighted by Crippen LogP contribution is 2.21. The van der Waals surface area contributed by atoms with E-state index in [9.17, 15) is 4.79 Å². The summed E-state index contributed by atoms with van der Waals surface area (Å²) in [5.74, 6) is 0.382. The van der Waals surface area contributed by atoms with E-state index in [1.165, 1.54) is 5.56 Å². The molecule has 2 unspecified atom stereocenters. The Bertz CT molecular complexity index is 462. The molecule has 1 aromatic rings. The third-order valence-electron chi connectivity index (χ3n) is 3.96. The first-order valence-corrected chi connectivity index (χ1v) is 7.20. The molecule has 20 heavy (non-hydrogen) atoms. The third-order valence-corrected chi connectivity index (χ3v) is 3.96. The molecule has 0 saturated carbocycles. The number of nitrogens with two attached hydrogens (primary N) is 1. The van der Waals surface area contributed by atoms with Crippen molar-refractivity contribution in [2.24, 2.45) is 5.73 Å². The quantitative estimate of drug-likeness (QED) is 0.885. The molecule has 1 saturated heterocycles. The van der Waals surface area contributed by atoms with Crippen LogP contribution < -0.4 is 11.1 Å². The van der Waals surface area contributed by atoms with Crippen molar-refractivity contribution < 1.29 is 9.53 Å². The molecule has 0 bridgehead atoms. The number of nitrogens with one attached hydrogen (secondary N) is 1. The molecule has 4 nitrogen and oxygen atoms in total. The highest BCUT2D eigenvalue weighted by atomic mass is 16.5. The molecular weight excluding hydrogens is 252 g/mol. The summed E-state index contributed by atoms with van der Waals surface area (Å²) in [6.45, 7) is 7.16. The fourth-order valence-electron chi connectivity index (χ4n) is 2.35. The van der Waals surface area contributed by atoms with Crippen molar-refractivity contribution in [3.8, 4) is 0 Å². The molecule has 0 aliphatic carbocycles. The number of hydrogen-bond donors (Lipinski definition) is 2. The summed E-state index contributed by atoms with van der Waals surface area (Å²) in [6, 6.07) is 8.30. The van der Waals surface area contributed by atoms with Crippen molar-refractivity contribution in [3.63, 3.8) is 0 Å². The minimum absolute atomic E-state index is 0.0512. The van der Waals surface area contributed by atoms with E-state index in [1.54, 1.807) is 0 Å². The largest absolute Gasteiger partial charge is 0.379 e. The Kier molecular flexibility index (Phi) is 4.45. The summed E-state index contributed by atoms with van der Waals surface area (Å²) >= 11 is 0. The van der Waals surface area contributed by atoms with E-state index in [-0.39, 0.29) is 11.9 Å². The van der Waals surface area contributed by atoms with Crippen LogP contribution in [0, 0.1) is 0 Å². The van der Waals surface area contributed by atoms with Crippen LogP contribution >= 0.6 is 0 Å². The Labute approximate surface area is 120 Å². The molecule has 0 radical (unpaired) electrons. The van der Waals surface area contributed by atoms with Gasteiger partial charge in [0.25, 0.3) is 0 Å². The van der Waals surface area contributed by atoms with Crippen molar-refractivity contribution in [3.05, 3.63) is 35.4 Å². The van der Waals surface area contributed by atoms with Crippen LogP contribution in [0.2, 0.25) is 0 Å². The minimum atomic E-state index is -0.869. The number of rotatable bonds is 4. The summed E-state index contributed by atoms with van der Waals surface area (Å²) < 4.78 is 5.22. The second kappa shape index (κ2) is 5.94. The lowest BCUT2D eigenvalue weighted by Crippen LogP contribution is -2.54. The number of amides is 1. The Hall–Kier alpha value is -1.39. The van der Waals surface area contributed by atoms with Gasteiger partial charge in [0.05, 0.1) is 12.6 Å². The molecular formula is C16H24N2O2. The summed E-state index contributed by atoms with van der Waals surface area (Å²) in [5, 5.41) is 2.98. The summed E-state index contributed by atoms with van der Waals surface area (Å²) in [6.07, 6.45) is 0.581. The van der Waals surface area contributed by atoms with Crippen molar-refractivity contribution >= 4 is 5.91 Å². The van der Waals surface area contributed by atoms with Gasteiger partial charge in [0, 0.05) is 6.61 Å². The van der Waals surface area contributed by atoms with Crippen LogP contribution in [0.3, 0.4) is 0 Å². The van der Waals surface area contributed by atoms with E-state index in [2.05, 4.69) is 43.4 Å². The molecule has 4 heteroatoms. The zero-order chi connectivity index (χ0) is 14.8. The van der Waals surface area contributed by atoms with Gasteiger partial charge in [-0.15, -0.1) is 0 Å². The standard InChI is InChI=1S/C16H24N2O2/c1-11(2)13-4-6-14(7-5-13)12(3)18-15(19)16(17)8-9-20-10-16/h4-7,11-12H,8-10,17H2,1-3H3,(H,18,19). The highest BCUT2D eigenvalue weighted by molar-refractivity contribution is 5.86. The van der Waals surface area contributed by atoms with Gasteiger partial charge >= 0.3 is 0 Å². The molecule has 1 fully saturated rings. The molecule has 1 heterocycles. The number of hydrogen-bond acceptors (Lipinski definition) is 3. The van der Waals surface area contributed by atoms with Crippen molar-refractivity contribution in [2.75, 3.05) is 13.2 Å². The zero-order valence-electron chi connectivity index (χ0n) is 12.5. The lowest BCUT2D eigenvalue weighted by Gasteiger charge is -2.24. The third kappa shape index (κ3) is 3.19. The number of carbonyl (C=O) groups excluding carboxylic acids is 1. The maximum atomic E-state index is 12.2. The van der Waals surface area contributed by atoms with Crippen molar-refractivity contribution in [2.45, 2.75) is 44.7 Å². The van der Waals surface area contributed by atoms with Crippen molar-refractivity contribution in [1.82, 2.24) is 5.32 Å². The topological polar surface area (TPSA) is 64.4 Å². The van der Waals surface area contributed by atoms with Gasteiger partial charge in [0.2, 0.25) is 5.91 Å². The Morgan fingerprint density at radius 3 is 2.35 bits per heavy atom. The van der Waals surface area contributed by atoms with Gasteiger partial charge in [-0.1, -0.05) is 38.1 Å². The first kappa shape index (κ1) is 15.0. The van der Waals surface area contributed by atoms with E-state index in [0.29, 0.717) is 25.6 Å². The van der Waals surface area contributed by atoms with Gasteiger partial charge in [-0.2, -0.15) is 0 Å². The zero-order valence-corrected chi connectivity index (χ0v) is 12.5. The van der Waals surface area contributed by atoms with E-state index < -0.39 is 5.54 Å². The van der Waals surface area contributed by atoms with Crippen LogP contribution in [0.1, 0.15) is 50.3 Å².